The largest absolute Gasteiger partial charge is 0.481 e. The van der Waals surface area contributed by atoms with Crippen molar-refractivity contribution < 1.29 is 14.7 Å². The lowest BCUT2D eigenvalue weighted by atomic mass is 9.86. The first kappa shape index (κ1) is 13.8. The zero-order chi connectivity index (χ0) is 12.7. The number of carbonyl (C=O) groups is 2. The smallest absolute Gasteiger partial charge is 0.314 e. The molecule has 1 saturated carbocycles. The summed E-state index contributed by atoms with van der Waals surface area (Å²) in [7, 11) is 0. The molecular formula is C11H21N3O3. The van der Waals surface area contributed by atoms with E-state index in [9.17, 15) is 14.7 Å². The van der Waals surface area contributed by atoms with Gasteiger partial charge in [0.2, 0.25) is 0 Å². The van der Waals surface area contributed by atoms with Crippen LogP contribution in [0, 0.1) is 5.41 Å². The maximum Gasteiger partial charge on any atom is 0.314 e. The number of hydrogen-bond donors (Lipinski definition) is 4. The second-order valence-electron chi connectivity index (χ2n) is 4.54. The van der Waals surface area contributed by atoms with E-state index in [0.29, 0.717) is 25.9 Å². The number of hydrogen-bond acceptors (Lipinski definition) is 3. The number of carbonyl (C=O) groups excluding carboxylic acids is 1. The first-order valence-electron chi connectivity index (χ1n) is 6.06. The summed E-state index contributed by atoms with van der Waals surface area (Å²) < 4.78 is 0. The molecule has 0 spiro atoms. The zero-order valence-corrected chi connectivity index (χ0v) is 10.00. The molecule has 1 fully saturated rings. The summed E-state index contributed by atoms with van der Waals surface area (Å²) in [5.74, 6) is -0.808. The van der Waals surface area contributed by atoms with Gasteiger partial charge in [0.05, 0.1) is 5.41 Å². The van der Waals surface area contributed by atoms with Crippen LogP contribution in [0.25, 0.3) is 0 Å². The first-order valence-corrected chi connectivity index (χ1v) is 6.06. The Morgan fingerprint density at radius 2 is 1.88 bits per heavy atom. The molecule has 0 atom stereocenters. The Kier molecular flexibility index (Phi) is 5.21. The minimum absolute atomic E-state index is 0.205. The van der Waals surface area contributed by atoms with Gasteiger partial charge in [-0.05, 0) is 25.8 Å². The zero-order valence-electron chi connectivity index (χ0n) is 10.00. The van der Waals surface area contributed by atoms with Crippen LogP contribution in [0.5, 0.6) is 0 Å². The molecule has 6 nitrogen and oxygen atoms in total. The third kappa shape index (κ3) is 3.89. The summed E-state index contributed by atoms with van der Waals surface area (Å²) >= 11 is 0. The van der Waals surface area contributed by atoms with Crippen LogP contribution in [-0.4, -0.2) is 36.7 Å². The third-order valence-corrected chi connectivity index (χ3v) is 3.27. The molecule has 0 aromatic rings. The Hall–Kier alpha value is -1.30. The highest BCUT2D eigenvalue weighted by Gasteiger charge is 2.41. The molecule has 1 aliphatic carbocycles. The van der Waals surface area contributed by atoms with Crippen molar-refractivity contribution in [2.45, 2.75) is 32.1 Å². The van der Waals surface area contributed by atoms with Crippen LogP contribution in [0.2, 0.25) is 0 Å². The normalized spacial score (nSPS) is 17.7. The molecule has 98 valence electrons. The topological polar surface area (TPSA) is 104 Å². The minimum atomic E-state index is -0.808. The summed E-state index contributed by atoms with van der Waals surface area (Å²) in [5.41, 5.74) is 4.54. The molecular weight excluding hydrogens is 222 g/mol. The van der Waals surface area contributed by atoms with Crippen molar-refractivity contribution in [1.82, 2.24) is 10.6 Å². The summed E-state index contributed by atoms with van der Waals surface area (Å²) in [6, 6.07) is -0.314. The molecule has 2 amide bonds. The molecule has 1 aliphatic rings. The fourth-order valence-electron chi connectivity index (χ4n) is 2.13. The Morgan fingerprint density at radius 1 is 1.24 bits per heavy atom. The summed E-state index contributed by atoms with van der Waals surface area (Å²) in [4.78, 5) is 22.6. The highest BCUT2D eigenvalue weighted by Crippen LogP contribution is 2.37. The number of rotatable bonds is 6. The average molecular weight is 243 g/mol. The molecule has 6 heteroatoms. The average Bonchev–Trinajstić information content (AvgIpc) is 2.77. The fraction of sp³-hybridized carbons (Fsp3) is 0.818. The lowest BCUT2D eigenvalue weighted by Crippen LogP contribution is -2.45. The number of carboxylic acid groups (broad SMARTS) is 1. The SMILES string of the molecule is NCCCNC(=O)NCC1(C(=O)O)CCCC1. The molecule has 0 saturated heterocycles. The number of nitrogens with two attached hydrogens (primary N) is 1. The van der Waals surface area contributed by atoms with Gasteiger partial charge >= 0.3 is 12.0 Å². The van der Waals surface area contributed by atoms with Crippen LogP contribution in [0.15, 0.2) is 0 Å². The van der Waals surface area contributed by atoms with Crippen LogP contribution in [0.4, 0.5) is 4.79 Å². The molecule has 0 bridgehead atoms. The van der Waals surface area contributed by atoms with Crippen molar-refractivity contribution in [3.05, 3.63) is 0 Å². The minimum Gasteiger partial charge on any atom is -0.481 e. The van der Waals surface area contributed by atoms with Crippen molar-refractivity contribution in [1.29, 1.82) is 0 Å². The highest BCUT2D eigenvalue weighted by molar-refractivity contribution is 5.78. The summed E-state index contributed by atoms with van der Waals surface area (Å²) in [5, 5.41) is 14.5. The van der Waals surface area contributed by atoms with Gasteiger partial charge in [0.25, 0.3) is 0 Å². The maximum atomic E-state index is 11.4. The van der Waals surface area contributed by atoms with E-state index in [0.717, 1.165) is 19.3 Å². The maximum absolute atomic E-state index is 11.4. The third-order valence-electron chi connectivity index (χ3n) is 3.27. The molecule has 0 unspecified atom stereocenters. The van der Waals surface area contributed by atoms with Gasteiger partial charge in [-0.2, -0.15) is 0 Å². The molecule has 0 heterocycles. The van der Waals surface area contributed by atoms with Crippen LogP contribution < -0.4 is 16.4 Å². The van der Waals surface area contributed by atoms with Gasteiger partial charge in [-0.3, -0.25) is 4.79 Å². The van der Waals surface area contributed by atoms with Crippen molar-refractivity contribution >= 4 is 12.0 Å². The van der Waals surface area contributed by atoms with Crippen LogP contribution >= 0.6 is 0 Å². The van der Waals surface area contributed by atoms with Crippen molar-refractivity contribution in [3.8, 4) is 0 Å². The van der Waals surface area contributed by atoms with E-state index in [-0.39, 0.29) is 12.6 Å². The molecule has 0 radical (unpaired) electrons. The summed E-state index contributed by atoms with van der Waals surface area (Å²) in [6.45, 7) is 1.25. The monoisotopic (exact) mass is 243 g/mol. The molecule has 0 aliphatic heterocycles. The van der Waals surface area contributed by atoms with Gasteiger partial charge in [0.15, 0.2) is 0 Å². The van der Waals surface area contributed by atoms with E-state index in [1.807, 2.05) is 0 Å². The fourth-order valence-corrected chi connectivity index (χ4v) is 2.13. The second-order valence-corrected chi connectivity index (χ2v) is 4.54. The Morgan fingerprint density at radius 3 is 2.41 bits per heavy atom. The Labute approximate surface area is 101 Å². The van der Waals surface area contributed by atoms with Crippen molar-refractivity contribution in [3.63, 3.8) is 0 Å². The molecule has 0 aromatic heterocycles. The molecule has 5 N–H and O–H groups in total. The predicted octanol–water partition coefficient (Wildman–Crippen LogP) is 0.279. The lowest BCUT2D eigenvalue weighted by molar-refractivity contribution is -0.148. The van der Waals surface area contributed by atoms with E-state index >= 15 is 0 Å². The number of carboxylic acids is 1. The first-order chi connectivity index (χ1) is 8.10. The predicted molar refractivity (Wildman–Crippen MR) is 63.6 cm³/mol. The molecule has 1 rings (SSSR count). The van der Waals surface area contributed by atoms with Gasteiger partial charge in [-0.15, -0.1) is 0 Å². The Balaban J connectivity index is 2.32. The second kappa shape index (κ2) is 6.44. The van der Waals surface area contributed by atoms with Gasteiger partial charge in [-0.25, -0.2) is 4.79 Å². The van der Waals surface area contributed by atoms with Crippen LogP contribution in [0.3, 0.4) is 0 Å². The van der Waals surface area contributed by atoms with E-state index in [1.165, 1.54) is 0 Å². The van der Waals surface area contributed by atoms with E-state index in [2.05, 4.69) is 10.6 Å². The van der Waals surface area contributed by atoms with E-state index < -0.39 is 11.4 Å². The van der Waals surface area contributed by atoms with E-state index in [4.69, 9.17) is 5.73 Å². The number of nitrogens with one attached hydrogen (secondary N) is 2. The van der Waals surface area contributed by atoms with Crippen molar-refractivity contribution in [2.24, 2.45) is 11.1 Å². The lowest BCUT2D eigenvalue weighted by Gasteiger charge is -2.23. The Bertz CT molecular complexity index is 275. The van der Waals surface area contributed by atoms with E-state index in [1.54, 1.807) is 0 Å². The highest BCUT2D eigenvalue weighted by atomic mass is 16.4. The van der Waals surface area contributed by atoms with Crippen LogP contribution in [0.1, 0.15) is 32.1 Å². The standard InChI is InChI=1S/C11H21N3O3/c12-6-3-7-13-10(17)14-8-11(9(15)16)4-1-2-5-11/h1-8,12H2,(H,15,16)(H2,13,14,17). The molecule has 17 heavy (non-hydrogen) atoms. The number of aliphatic carboxylic acids is 1. The number of urea groups is 1. The molecule has 0 aromatic carbocycles. The van der Waals surface area contributed by atoms with Gasteiger partial charge in [0, 0.05) is 13.1 Å². The van der Waals surface area contributed by atoms with Crippen LogP contribution in [-0.2, 0) is 4.79 Å². The van der Waals surface area contributed by atoms with Gasteiger partial charge in [0.1, 0.15) is 0 Å². The quantitative estimate of drug-likeness (QED) is 0.503. The summed E-state index contributed by atoms with van der Waals surface area (Å²) in [6.07, 6.45) is 3.85. The number of amides is 2. The van der Waals surface area contributed by atoms with Gasteiger partial charge < -0.3 is 21.5 Å². The van der Waals surface area contributed by atoms with Gasteiger partial charge in [-0.1, -0.05) is 12.8 Å². The van der Waals surface area contributed by atoms with Crippen molar-refractivity contribution in [2.75, 3.05) is 19.6 Å².